The molecule has 17 heavy (non-hydrogen) atoms. The second kappa shape index (κ2) is 5.63. The van der Waals surface area contributed by atoms with Gasteiger partial charge >= 0.3 is 0 Å². The molecule has 1 fully saturated rings. The number of carbonyl (C=O) groups is 1. The van der Waals surface area contributed by atoms with Crippen molar-refractivity contribution in [3.63, 3.8) is 0 Å². The summed E-state index contributed by atoms with van der Waals surface area (Å²) in [5, 5.41) is 0.972. The molecule has 1 aliphatic rings. The number of halogens is 2. The van der Waals surface area contributed by atoms with Gasteiger partial charge in [-0.25, -0.2) is 4.39 Å². The summed E-state index contributed by atoms with van der Waals surface area (Å²) in [5.74, 6) is 0.167. The minimum Gasteiger partial charge on any atom is -0.338 e. The van der Waals surface area contributed by atoms with Gasteiger partial charge in [0.05, 0.1) is 0 Å². The fourth-order valence-electron chi connectivity index (χ4n) is 2.21. The van der Waals surface area contributed by atoms with Crippen molar-refractivity contribution in [1.29, 1.82) is 0 Å². The van der Waals surface area contributed by atoms with Gasteiger partial charge in [0.25, 0.3) is 5.91 Å². The molecule has 1 unspecified atom stereocenters. The molecular formula is C13H15BrFNO. The van der Waals surface area contributed by atoms with E-state index in [9.17, 15) is 9.18 Å². The van der Waals surface area contributed by atoms with E-state index in [1.165, 1.54) is 12.1 Å². The van der Waals surface area contributed by atoms with Crippen LogP contribution in [0.1, 0.15) is 23.2 Å². The van der Waals surface area contributed by atoms with Crippen LogP contribution in [0.2, 0.25) is 0 Å². The average Bonchev–Trinajstić information content (AvgIpc) is 2.77. The van der Waals surface area contributed by atoms with E-state index in [2.05, 4.69) is 15.9 Å². The molecular weight excluding hydrogens is 285 g/mol. The van der Waals surface area contributed by atoms with E-state index in [0.717, 1.165) is 31.3 Å². The first kappa shape index (κ1) is 12.6. The summed E-state index contributed by atoms with van der Waals surface area (Å²) in [6.45, 7) is 1.58. The molecule has 0 aromatic heterocycles. The van der Waals surface area contributed by atoms with Crippen molar-refractivity contribution in [2.45, 2.75) is 12.8 Å². The molecule has 0 radical (unpaired) electrons. The van der Waals surface area contributed by atoms with E-state index in [0.29, 0.717) is 11.5 Å². The van der Waals surface area contributed by atoms with Gasteiger partial charge in [-0.1, -0.05) is 22.0 Å². The molecule has 1 aromatic rings. The minimum atomic E-state index is -0.355. The second-order valence-corrected chi connectivity index (χ2v) is 5.19. The van der Waals surface area contributed by atoms with Gasteiger partial charge in [0.15, 0.2) is 0 Å². The van der Waals surface area contributed by atoms with E-state index in [1.54, 1.807) is 12.1 Å². The lowest BCUT2D eigenvalue weighted by molar-refractivity contribution is 0.0786. The van der Waals surface area contributed by atoms with Gasteiger partial charge in [-0.05, 0) is 37.0 Å². The lowest BCUT2D eigenvalue weighted by Crippen LogP contribution is -2.28. The number of amides is 1. The van der Waals surface area contributed by atoms with Crippen LogP contribution in [0.3, 0.4) is 0 Å². The zero-order chi connectivity index (χ0) is 12.3. The molecule has 1 aromatic carbocycles. The van der Waals surface area contributed by atoms with Crippen LogP contribution in [0.25, 0.3) is 0 Å². The largest absolute Gasteiger partial charge is 0.338 e. The average molecular weight is 300 g/mol. The molecule has 92 valence electrons. The second-order valence-electron chi connectivity index (χ2n) is 4.39. The Morgan fingerprint density at radius 1 is 1.53 bits per heavy atom. The lowest BCUT2D eigenvalue weighted by atomic mass is 10.1. The van der Waals surface area contributed by atoms with Gasteiger partial charge in [-0.2, -0.15) is 0 Å². The molecule has 1 aliphatic heterocycles. The van der Waals surface area contributed by atoms with Crippen LogP contribution >= 0.6 is 15.9 Å². The van der Waals surface area contributed by atoms with Crippen molar-refractivity contribution >= 4 is 21.8 Å². The zero-order valence-corrected chi connectivity index (χ0v) is 11.1. The van der Waals surface area contributed by atoms with Crippen molar-refractivity contribution in [3.8, 4) is 0 Å². The van der Waals surface area contributed by atoms with Crippen molar-refractivity contribution in [2.75, 3.05) is 18.4 Å². The van der Waals surface area contributed by atoms with Crippen LogP contribution in [0.5, 0.6) is 0 Å². The zero-order valence-electron chi connectivity index (χ0n) is 9.53. The molecule has 0 spiro atoms. The number of alkyl halides is 1. The predicted octanol–water partition coefficient (Wildman–Crippen LogP) is 3.07. The van der Waals surface area contributed by atoms with Crippen LogP contribution in [0.4, 0.5) is 4.39 Å². The molecule has 0 N–H and O–H groups in total. The quantitative estimate of drug-likeness (QED) is 0.786. The monoisotopic (exact) mass is 299 g/mol. The first-order chi connectivity index (χ1) is 8.20. The summed E-state index contributed by atoms with van der Waals surface area (Å²) in [6.07, 6.45) is 2.14. The van der Waals surface area contributed by atoms with Gasteiger partial charge < -0.3 is 4.90 Å². The molecule has 2 rings (SSSR count). The standard InChI is InChI=1S/C13H15BrFNO/c14-6-4-10-5-7-16(9-10)13(17)11-2-1-3-12(15)8-11/h1-3,8,10H,4-7,9H2. The summed E-state index contributed by atoms with van der Waals surface area (Å²) < 4.78 is 13.0. The Kier molecular flexibility index (Phi) is 4.15. The number of hydrogen-bond donors (Lipinski definition) is 0. The normalized spacial score (nSPS) is 19.6. The fraction of sp³-hybridized carbons (Fsp3) is 0.462. The molecule has 0 aliphatic carbocycles. The minimum absolute atomic E-state index is 0.0541. The summed E-state index contributed by atoms with van der Waals surface area (Å²) in [4.78, 5) is 13.9. The molecule has 1 heterocycles. The molecule has 1 saturated heterocycles. The van der Waals surface area contributed by atoms with Gasteiger partial charge in [0, 0.05) is 24.0 Å². The van der Waals surface area contributed by atoms with Crippen LogP contribution in [0.15, 0.2) is 24.3 Å². The SMILES string of the molecule is O=C(c1cccc(F)c1)N1CCC(CCBr)C1. The summed E-state index contributed by atoms with van der Waals surface area (Å²) in [5.41, 5.74) is 0.449. The summed E-state index contributed by atoms with van der Waals surface area (Å²) in [6, 6.07) is 5.91. The van der Waals surface area contributed by atoms with E-state index in [4.69, 9.17) is 0 Å². The highest BCUT2D eigenvalue weighted by molar-refractivity contribution is 9.09. The molecule has 0 saturated carbocycles. The summed E-state index contributed by atoms with van der Waals surface area (Å²) >= 11 is 3.42. The van der Waals surface area contributed by atoms with E-state index in [1.807, 2.05) is 4.90 Å². The first-order valence-corrected chi connectivity index (χ1v) is 6.93. The molecule has 0 bridgehead atoms. The number of rotatable bonds is 3. The van der Waals surface area contributed by atoms with Crippen LogP contribution < -0.4 is 0 Å². The van der Waals surface area contributed by atoms with Crippen molar-refractivity contribution in [1.82, 2.24) is 4.90 Å². The van der Waals surface area contributed by atoms with Crippen LogP contribution in [-0.4, -0.2) is 29.2 Å². The third-order valence-electron chi connectivity index (χ3n) is 3.16. The highest BCUT2D eigenvalue weighted by atomic mass is 79.9. The molecule has 2 nitrogen and oxygen atoms in total. The molecule has 4 heteroatoms. The highest BCUT2D eigenvalue weighted by Gasteiger charge is 2.26. The smallest absolute Gasteiger partial charge is 0.253 e. The van der Waals surface area contributed by atoms with Gasteiger partial charge in [-0.3, -0.25) is 4.79 Å². The topological polar surface area (TPSA) is 20.3 Å². The Morgan fingerprint density at radius 3 is 3.06 bits per heavy atom. The third kappa shape index (κ3) is 3.06. The number of likely N-dealkylation sites (tertiary alicyclic amines) is 1. The molecule has 1 atom stereocenters. The maximum absolute atomic E-state index is 13.0. The third-order valence-corrected chi connectivity index (χ3v) is 3.62. The Morgan fingerprint density at radius 2 is 2.35 bits per heavy atom. The first-order valence-electron chi connectivity index (χ1n) is 5.81. The number of nitrogens with zero attached hydrogens (tertiary/aromatic N) is 1. The number of benzene rings is 1. The lowest BCUT2D eigenvalue weighted by Gasteiger charge is -2.16. The van der Waals surface area contributed by atoms with E-state index >= 15 is 0 Å². The van der Waals surface area contributed by atoms with Gasteiger partial charge in [0.1, 0.15) is 5.82 Å². The van der Waals surface area contributed by atoms with Crippen LogP contribution in [0, 0.1) is 11.7 Å². The summed E-state index contributed by atoms with van der Waals surface area (Å²) in [7, 11) is 0. The van der Waals surface area contributed by atoms with E-state index in [-0.39, 0.29) is 11.7 Å². The van der Waals surface area contributed by atoms with Crippen LogP contribution in [-0.2, 0) is 0 Å². The van der Waals surface area contributed by atoms with Crippen molar-refractivity contribution < 1.29 is 9.18 Å². The number of hydrogen-bond acceptors (Lipinski definition) is 1. The Balaban J connectivity index is 2.02. The predicted molar refractivity (Wildman–Crippen MR) is 68.8 cm³/mol. The van der Waals surface area contributed by atoms with Crippen molar-refractivity contribution in [2.24, 2.45) is 5.92 Å². The Labute approximate surface area is 109 Å². The fourth-order valence-corrected chi connectivity index (χ4v) is 2.86. The van der Waals surface area contributed by atoms with Gasteiger partial charge in [0.2, 0.25) is 0 Å². The van der Waals surface area contributed by atoms with Crippen molar-refractivity contribution in [3.05, 3.63) is 35.6 Å². The maximum Gasteiger partial charge on any atom is 0.253 e. The van der Waals surface area contributed by atoms with Gasteiger partial charge in [-0.15, -0.1) is 0 Å². The Hall–Kier alpha value is -0.900. The highest BCUT2D eigenvalue weighted by Crippen LogP contribution is 2.22. The molecule has 1 amide bonds. The number of carbonyl (C=O) groups excluding carboxylic acids is 1. The maximum atomic E-state index is 13.0. The van der Waals surface area contributed by atoms with E-state index < -0.39 is 0 Å². The Bertz CT molecular complexity index is 410.